The molecule has 0 unspecified atom stereocenters. The van der Waals surface area contributed by atoms with Gasteiger partial charge in [0, 0.05) is 19.7 Å². The second kappa shape index (κ2) is 10.3. The molecule has 7 nitrogen and oxygen atoms in total. The van der Waals surface area contributed by atoms with Crippen LogP contribution in [-0.2, 0) is 11.2 Å². The SMILES string of the molecule is O=C(Cc1cc(Br)cc(Br)c1OC(=O)c1ccccc1I)Nc1ccccc1[N+](=O)[O-]. The van der Waals surface area contributed by atoms with Crippen molar-refractivity contribution in [2.24, 2.45) is 0 Å². The predicted octanol–water partition coefficient (Wildman–Crippen LogP) is 6.12. The minimum atomic E-state index is -0.569. The van der Waals surface area contributed by atoms with E-state index in [0.717, 1.165) is 3.57 Å². The van der Waals surface area contributed by atoms with E-state index in [4.69, 9.17) is 4.74 Å². The fourth-order valence-electron chi connectivity index (χ4n) is 2.74. The zero-order valence-electron chi connectivity index (χ0n) is 15.6. The molecule has 158 valence electrons. The normalized spacial score (nSPS) is 10.4. The molecule has 0 saturated heterocycles. The molecule has 10 heteroatoms. The van der Waals surface area contributed by atoms with E-state index in [1.807, 2.05) is 28.7 Å². The largest absolute Gasteiger partial charge is 0.421 e. The van der Waals surface area contributed by atoms with Crippen molar-refractivity contribution < 1.29 is 19.2 Å². The van der Waals surface area contributed by atoms with Crippen LogP contribution in [0, 0.1) is 13.7 Å². The third-order valence-corrected chi connectivity index (χ3v) is 6.09. The number of rotatable bonds is 6. The first kappa shape index (κ1) is 23.4. The number of hydrogen-bond acceptors (Lipinski definition) is 5. The molecule has 31 heavy (non-hydrogen) atoms. The Morgan fingerprint density at radius 2 is 1.74 bits per heavy atom. The molecular formula is C21H13Br2IN2O5. The Balaban J connectivity index is 1.86. The maximum Gasteiger partial charge on any atom is 0.344 e. The number of carbonyl (C=O) groups excluding carboxylic acids is 2. The summed E-state index contributed by atoms with van der Waals surface area (Å²) < 4.78 is 7.49. The van der Waals surface area contributed by atoms with Gasteiger partial charge in [-0.25, -0.2) is 4.79 Å². The van der Waals surface area contributed by atoms with E-state index in [9.17, 15) is 19.7 Å². The van der Waals surface area contributed by atoms with Crippen molar-refractivity contribution in [2.75, 3.05) is 5.32 Å². The second-order valence-electron chi connectivity index (χ2n) is 6.24. The lowest BCUT2D eigenvalue weighted by atomic mass is 10.1. The highest BCUT2D eigenvalue weighted by molar-refractivity contribution is 14.1. The topological polar surface area (TPSA) is 98.5 Å². The van der Waals surface area contributed by atoms with E-state index < -0.39 is 16.8 Å². The van der Waals surface area contributed by atoms with Crippen molar-refractivity contribution in [3.05, 3.63) is 94.4 Å². The summed E-state index contributed by atoms with van der Waals surface area (Å²) in [5, 5.41) is 13.7. The Labute approximate surface area is 207 Å². The molecule has 0 spiro atoms. The summed E-state index contributed by atoms with van der Waals surface area (Å²) in [6.45, 7) is 0. The number of amides is 1. The monoisotopic (exact) mass is 658 g/mol. The molecule has 0 fully saturated rings. The summed E-state index contributed by atoms with van der Waals surface area (Å²) in [7, 11) is 0. The first-order valence-corrected chi connectivity index (χ1v) is 11.4. The molecule has 1 amide bonds. The number of carbonyl (C=O) groups is 2. The van der Waals surface area contributed by atoms with Crippen LogP contribution in [0.5, 0.6) is 5.75 Å². The van der Waals surface area contributed by atoms with Crippen LogP contribution in [0.15, 0.2) is 69.6 Å². The van der Waals surface area contributed by atoms with Gasteiger partial charge in [-0.3, -0.25) is 14.9 Å². The summed E-state index contributed by atoms with van der Waals surface area (Å²) in [6.07, 6.45) is -0.168. The highest BCUT2D eigenvalue weighted by Crippen LogP contribution is 2.34. The number of para-hydroxylation sites is 2. The number of anilines is 1. The molecule has 0 aromatic heterocycles. The van der Waals surface area contributed by atoms with Crippen molar-refractivity contribution in [3.63, 3.8) is 0 Å². The van der Waals surface area contributed by atoms with Gasteiger partial charge in [0.25, 0.3) is 5.69 Å². The number of nitro groups is 1. The molecule has 3 aromatic carbocycles. The first-order valence-electron chi connectivity index (χ1n) is 8.74. The van der Waals surface area contributed by atoms with Gasteiger partial charge in [-0.2, -0.15) is 0 Å². The Bertz CT molecular complexity index is 1190. The smallest absolute Gasteiger partial charge is 0.344 e. The lowest BCUT2D eigenvalue weighted by Crippen LogP contribution is -2.17. The Kier molecular flexibility index (Phi) is 7.79. The first-order chi connectivity index (χ1) is 14.8. The molecular weight excluding hydrogens is 647 g/mol. The molecule has 3 rings (SSSR count). The van der Waals surface area contributed by atoms with Crippen LogP contribution >= 0.6 is 54.5 Å². The van der Waals surface area contributed by atoms with E-state index in [0.29, 0.717) is 20.1 Å². The Hall–Kier alpha value is -2.31. The lowest BCUT2D eigenvalue weighted by molar-refractivity contribution is -0.383. The fourth-order valence-corrected chi connectivity index (χ4v) is 4.74. The Morgan fingerprint density at radius 1 is 1.06 bits per heavy atom. The maximum atomic E-state index is 12.7. The summed E-state index contributed by atoms with van der Waals surface area (Å²) in [4.78, 5) is 35.9. The Morgan fingerprint density at radius 3 is 2.45 bits per heavy atom. The summed E-state index contributed by atoms with van der Waals surface area (Å²) >= 11 is 8.78. The average molecular weight is 660 g/mol. The highest BCUT2D eigenvalue weighted by atomic mass is 127. The van der Waals surface area contributed by atoms with Gasteiger partial charge < -0.3 is 10.1 Å². The van der Waals surface area contributed by atoms with E-state index in [1.165, 1.54) is 18.2 Å². The summed E-state index contributed by atoms with van der Waals surface area (Å²) in [6, 6.07) is 16.2. The zero-order chi connectivity index (χ0) is 22.5. The number of esters is 1. The van der Waals surface area contributed by atoms with Crippen LogP contribution in [0.25, 0.3) is 0 Å². The quantitative estimate of drug-likeness (QED) is 0.113. The molecule has 3 aromatic rings. The van der Waals surface area contributed by atoms with Crippen molar-refractivity contribution in [3.8, 4) is 5.75 Å². The lowest BCUT2D eigenvalue weighted by Gasteiger charge is -2.14. The van der Waals surface area contributed by atoms with Crippen molar-refractivity contribution in [2.45, 2.75) is 6.42 Å². The number of ether oxygens (including phenoxy) is 1. The van der Waals surface area contributed by atoms with E-state index in [-0.39, 0.29) is 23.5 Å². The van der Waals surface area contributed by atoms with Gasteiger partial charge in [0.1, 0.15) is 11.4 Å². The highest BCUT2D eigenvalue weighted by Gasteiger charge is 2.21. The third-order valence-electron chi connectivity index (χ3n) is 4.10. The molecule has 0 atom stereocenters. The molecule has 0 radical (unpaired) electrons. The van der Waals surface area contributed by atoms with E-state index in [2.05, 4.69) is 37.2 Å². The van der Waals surface area contributed by atoms with Gasteiger partial charge in [-0.15, -0.1) is 0 Å². The minimum absolute atomic E-state index is 0.0870. The number of benzene rings is 3. The third kappa shape index (κ3) is 5.89. The van der Waals surface area contributed by atoms with Gasteiger partial charge in [-0.1, -0.05) is 40.2 Å². The van der Waals surface area contributed by atoms with E-state index in [1.54, 1.807) is 36.4 Å². The van der Waals surface area contributed by atoms with Crippen LogP contribution in [0.2, 0.25) is 0 Å². The van der Waals surface area contributed by atoms with Crippen molar-refractivity contribution in [1.82, 2.24) is 0 Å². The van der Waals surface area contributed by atoms with Gasteiger partial charge in [0.05, 0.1) is 21.4 Å². The second-order valence-corrected chi connectivity index (χ2v) is 9.18. The van der Waals surface area contributed by atoms with Crippen molar-refractivity contribution in [1.29, 1.82) is 0 Å². The molecule has 0 bridgehead atoms. The van der Waals surface area contributed by atoms with E-state index >= 15 is 0 Å². The predicted molar refractivity (Wildman–Crippen MR) is 131 cm³/mol. The number of nitrogens with zero attached hydrogens (tertiary/aromatic N) is 1. The van der Waals surface area contributed by atoms with Crippen LogP contribution in [0.1, 0.15) is 15.9 Å². The van der Waals surface area contributed by atoms with Crippen LogP contribution < -0.4 is 10.1 Å². The van der Waals surface area contributed by atoms with Gasteiger partial charge in [0.2, 0.25) is 5.91 Å². The van der Waals surface area contributed by atoms with Gasteiger partial charge >= 0.3 is 5.97 Å². The van der Waals surface area contributed by atoms with Crippen molar-refractivity contribution >= 4 is 77.7 Å². The van der Waals surface area contributed by atoms with Crippen LogP contribution in [0.3, 0.4) is 0 Å². The standard InChI is InChI=1S/C21H13Br2IN2O5/c22-13-9-12(10-19(27)25-17-7-3-4-8-18(17)26(29)30)20(15(23)11-13)31-21(28)14-5-1-2-6-16(14)24/h1-9,11H,10H2,(H,25,27). The maximum absolute atomic E-state index is 12.7. The minimum Gasteiger partial charge on any atom is -0.421 e. The fraction of sp³-hybridized carbons (Fsp3) is 0.0476. The van der Waals surface area contributed by atoms with Crippen LogP contribution in [0.4, 0.5) is 11.4 Å². The zero-order valence-corrected chi connectivity index (χ0v) is 20.9. The number of hydrogen-bond donors (Lipinski definition) is 1. The van der Waals surface area contributed by atoms with Gasteiger partial charge in [-0.05, 0) is 68.9 Å². The number of halogens is 3. The average Bonchev–Trinajstić information content (AvgIpc) is 2.71. The molecule has 0 aliphatic heterocycles. The number of nitro benzene ring substituents is 1. The molecule has 0 heterocycles. The number of nitrogens with one attached hydrogen (secondary N) is 1. The summed E-state index contributed by atoms with van der Waals surface area (Å²) in [5.41, 5.74) is 0.699. The summed E-state index contributed by atoms with van der Waals surface area (Å²) in [5.74, 6) is -0.857. The molecule has 1 N–H and O–H groups in total. The van der Waals surface area contributed by atoms with Crippen LogP contribution in [-0.4, -0.2) is 16.8 Å². The molecule has 0 aliphatic carbocycles. The molecule has 0 saturated carbocycles. The van der Waals surface area contributed by atoms with Gasteiger partial charge in [0.15, 0.2) is 0 Å². The molecule has 0 aliphatic rings.